The molecule has 1 N–H and O–H groups in total. The Morgan fingerprint density at radius 3 is 3.07 bits per heavy atom. The molecular weight excluding hydrogens is 328 g/mol. The quantitative estimate of drug-likeness (QED) is 0.678. The number of rotatable bonds is 4. The summed E-state index contributed by atoms with van der Waals surface area (Å²) in [5, 5.41) is 0.571. The number of hydrogen-bond donors (Lipinski definition) is 1. The average Bonchev–Trinajstić information content (AvgIpc) is 2.74. The van der Waals surface area contributed by atoms with E-state index >= 15 is 0 Å². The highest BCUT2D eigenvalue weighted by molar-refractivity contribution is 14.2. The van der Waals surface area contributed by atoms with Crippen molar-refractivity contribution in [3.8, 4) is 0 Å². The smallest absolute Gasteiger partial charge is 0.169 e. The molecule has 80 valence electrons. The fourth-order valence-corrected chi connectivity index (χ4v) is 2.63. The summed E-state index contributed by atoms with van der Waals surface area (Å²) >= 11 is 5.27. The topological polar surface area (TPSA) is 50.3 Å². The molecule has 0 fully saturated rings. The first kappa shape index (κ1) is 10.8. The van der Waals surface area contributed by atoms with E-state index in [-0.39, 0.29) is 0 Å². The van der Waals surface area contributed by atoms with Gasteiger partial charge in [0, 0.05) is 18.8 Å². The van der Waals surface area contributed by atoms with E-state index in [0.29, 0.717) is 11.8 Å². The standard InChI is InChI=1S/C9H9ClIN3O/c10-7-1-2-8(11-14-7)15-6-3-9-12-4-5-13-9/h1-2,4-5H,3,6H2,(H,12,13). The summed E-state index contributed by atoms with van der Waals surface area (Å²) in [6.45, 7) is 0.625. The third-order valence-electron chi connectivity index (χ3n) is 1.69. The molecule has 1 aromatic rings. The van der Waals surface area contributed by atoms with Crippen molar-refractivity contribution >= 4 is 32.6 Å². The molecule has 0 spiro atoms. The number of hydrogen-bond acceptors (Lipinski definition) is 3. The summed E-state index contributed by atoms with van der Waals surface area (Å²) in [6.07, 6.45) is 7.98. The van der Waals surface area contributed by atoms with Gasteiger partial charge in [-0.15, -0.1) is 0 Å². The minimum Gasteiger partial charge on any atom is -0.486 e. The van der Waals surface area contributed by atoms with E-state index in [9.17, 15) is 0 Å². The number of nitrogens with zero attached hydrogens (tertiary/aromatic N) is 2. The Hall–Kier alpha value is -0.690. The normalized spacial score (nSPS) is 15.3. The molecule has 0 amide bonds. The van der Waals surface area contributed by atoms with Gasteiger partial charge in [0.1, 0.15) is 11.0 Å². The van der Waals surface area contributed by atoms with Crippen molar-refractivity contribution in [3.05, 3.63) is 39.3 Å². The summed E-state index contributed by atoms with van der Waals surface area (Å²) in [5.41, 5.74) is 0. The molecule has 1 aromatic heterocycles. The molecule has 4 nitrogen and oxygen atoms in total. The third-order valence-corrected chi connectivity index (χ3v) is 4.09. The summed E-state index contributed by atoms with van der Waals surface area (Å²) in [7, 11) is 0. The zero-order valence-electron chi connectivity index (χ0n) is 7.78. The van der Waals surface area contributed by atoms with Gasteiger partial charge < -0.3 is 9.72 Å². The van der Waals surface area contributed by atoms with E-state index in [2.05, 4.69) is 13.1 Å². The Labute approximate surface area is 103 Å². The van der Waals surface area contributed by atoms with Crippen LogP contribution in [-0.4, -0.2) is 16.6 Å². The third kappa shape index (κ3) is 3.42. The highest BCUT2D eigenvalue weighted by Crippen LogP contribution is 2.26. The number of imidazole rings is 1. The monoisotopic (exact) mass is 337 g/mol. The van der Waals surface area contributed by atoms with E-state index in [0.717, 1.165) is 16.0 Å². The van der Waals surface area contributed by atoms with Gasteiger partial charge in [-0.2, -0.15) is 0 Å². The number of aromatic nitrogens is 2. The van der Waals surface area contributed by atoms with Crippen molar-refractivity contribution in [2.45, 2.75) is 6.42 Å². The summed E-state index contributed by atoms with van der Waals surface area (Å²) in [4.78, 5) is 7.13. The molecule has 0 unspecified atom stereocenters. The van der Waals surface area contributed by atoms with E-state index in [1.165, 1.54) is 0 Å². The molecule has 0 bridgehead atoms. The minimum atomic E-state index is -0.429. The van der Waals surface area contributed by atoms with Gasteiger partial charge in [0.05, 0.1) is 27.6 Å². The molecule has 1 aliphatic heterocycles. The molecular formula is C9H9ClIN3O. The number of halogens is 2. The van der Waals surface area contributed by atoms with Gasteiger partial charge >= 0.3 is 0 Å². The first-order chi connectivity index (χ1) is 7.34. The van der Waals surface area contributed by atoms with Crippen molar-refractivity contribution in [2.75, 3.05) is 6.61 Å². The zero-order chi connectivity index (χ0) is 10.5. The lowest BCUT2D eigenvalue weighted by Gasteiger charge is -2.05. The fraction of sp³-hybridized carbons (Fsp3) is 0.222. The van der Waals surface area contributed by atoms with Crippen molar-refractivity contribution < 1.29 is 4.74 Å². The molecule has 0 radical (unpaired) electrons. The van der Waals surface area contributed by atoms with Crippen LogP contribution in [0.5, 0.6) is 0 Å². The van der Waals surface area contributed by atoms with Crippen LogP contribution >= 0.6 is 32.6 Å². The zero-order valence-corrected chi connectivity index (χ0v) is 10.7. The van der Waals surface area contributed by atoms with Crippen molar-refractivity contribution in [1.82, 2.24) is 9.97 Å². The van der Waals surface area contributed by atoms with E-state index in [1.807, 2.05) is 6.08 Å². The number of nitrogens with one attached hydrogen (secondary N) is 1. The highest BCUT2D eigenvalue weighted by Gasteiger charge is 2.01. The van der Waals surface area contributed by atoms with Crippen LogP contribution < -0.4 is 0 Å². The first-order valence-corrected chi connectivity index (χ1v) is 6.80. The summed E-state index contributed by atoms with van der Waals surface area (Å²) in [5.74, 6) is 0.940. The lowest BCUT2D eigenvalue weighted by Crippen LogP contribution is -1.98. The number of aromatic amines is 1. The fourth-order valence-electron chi connectivity index (χ4n) is 1.03. The summed E-state index contributed by atoms with van der Waals surface area (Å²) < 4.78 is 10.7. The molecule has 0 atom stereocenters. The van der Waals surface area contributed by atoms with Crippen LogP contribution in [0, 0.1) is 0 Å². The number of ether oxygens (including phenoxy) is 1. The average molecular weight is 338 g/mol. The van der Waals surface area contributed by atoms with Gasteiger partial charge in [0.25, 0.3) is 0 Å². The number of allylic oxidation sites excluding steroid dienone is 2. The maximum absolute atomic E-state index is 5.70. The van der Waals surface area contributed by atoms with Gasteiger partial charge in [0.2, 0.25) is 0 Å². The van der Waals surface area contributed by atoms with E-state index in [1.54, 1.807) is 18.5 Å². The lowest BCUT2D eigenvalue weighted by atomic mass is 10.4. The van der Waals surface area contributed by atoms with Crippen LogP contribution in [-0.2, 0) is 11.2 Å². The van der Waals surface area contributed by atoms with Crippen molar-refractivity contribution in [3.63, 3.8) is 0 Å². The lowest BCUT2D eigenvalue weighted by molar-refractivity contribution is 0.246. The van der Waals surface area contributed by atoms with E-state index in [4.69, 9.17) is 16.3 Å². The van der Waals surface area contributed by atoms with Gasteiger partial charge in [-0.05, 0) is 12.2 Å². The van der Waals surface area contributed by atoms with Gasteiger partial charge in [-0.25, -0.2) is 8.13 Å². The largest absolute Gasteiger partial charge is 0.486 e. The van der Waals surface area contributed by atoms with Gasteiger partial charge in [0.15, 0.2) is 3.77 Å². The second kappa shape index (κ2) is 5.41. The minimum absolute atomic E-state index is 0.429. The Bertz CT molecular complexity index is 411. The number of H-pyrrole nitrogens is 1. The molecule has 2 heterocycles. The Kier molecular flexibility index (Phi) is 3.90. The van der Waals surface area contributed by atoms with Crippen LogP contribution in [0.3, 0.4) is 0 Å². The molecule has 15 heavy (non-hydrogen) atoms. The first-order valence-electron chi connectivity index (χ1n) is 4.38. The Morgan fingerprint density at radius 1 is 1.47 bits per heavy atom. The molecule has 2 rings (SSSR count). The van der Waals surface area contributed by atoms with Crippen LogP contribution in [0.4, 0.5) is 0 Å². The SMILES string of the molecule is ClC1=CC=C(OCCc2ncc[nH]2)I=N1. The van der Waals surface area contributed by atoms with Crippen molar-refractivity contribution in [1.29, 1.82) is 0 Å². The van der Waals surface area contributed by atoms with Gasteiger partial charge in [-0.3, -0.25) is 0 Å². The Morgan fingerprint density at radius 2 is 2.40 bits per heavy atom. The van der Waals surface area contributed by atoms with Crippen LogP contribution in [0.25, 0.3) is 0 Å². The molecule has 0 saturated heterocycles. The summed E-state index contributed by atoms with van der Waals surface area (Å²) in [6, 6.07) is 0. The van der Waals surface area contributed by atoms with E-state index < -0.39 is 21.0 Å². The second-order valence-corrected chi connectivity index (χ2v) is 5.18. The second-order valence-electron chi connectivity index (χ2n) is 2.76. The van der Waals surface area contributed by atoms with Crippen LogP contribution in [0.15, 0.2) is 36.6 Å². The van der Waals surface area contributed by atoms with Crippen LogP contribution in [0.1, 0.15) is 5.82 Å². The molecule has 0 saturated carbocycles. The van der Waals surface area contributed by atoms with Crippen molar-refractivity contribution in [2.24, 2.45) is 3.15 Å². The van der Waals surface area contributed by atoms with Crippen LogP contribution in [0.2, 0.25) is 0 Å². The maximum atomic E-state index is 5.70. The maximum Gasteiger partial charge on any atom is 0.169 e. The highest BCUT2D eigenvalue weighted by atomic mass is 127. The molecule has 1 aliphatic rings. The Balaban J connectivity index is 1.78. The predicted octanol–water partition coefficient (Wildman–Crippen LogP) is 3.06. The molecule has 0 aliphatic carbocycles. The van der Waals surface area contributed by atoms with Gasteiger partial charge in [-0.1, -0.05) is 11.6 Å². The predicted molar refractivity (Wildman–Crippen MR) is 66.7 cm³/mol. The molecule has 0 aromatic carbocycles. The molecule has 6 heteroatoms.